The molecule has 0 radical (unpaired) electrons. The summed E-state index contributed by atoms with van der Waals surface area (Å²) in [6.07, 6.45) is -2.16. The second-order valence-electron chi connectivity index (χ2n) is 8.08. The summed E-state index contributed by atoms with van der Waals surface area (Å²) < 4.78 is 45.2. The lowest BCUT2D eigenvalue weighted by Gasteiger charge is -2.45. The van der Waals surface area contributed by atoms with E-state index >= 15 is 0 Å². The van der Waals surface area contributed by atoms with Crippen molar-refractivity contribution in [2.24, 2.45) is 11.8 Å². The Hall–Kier alpha value is -2.49. The zero-order chi connectivity index (χ0) is 21.5. The maximum atomic E-state index is 13.4. The average Bonchev–Trinajstić information content (AvgIpc) is 3.52. The van der Waals surface area contributed by atoms with Crippen LogP contribution in [0.5, 0.6) is 5.75 Å². The Labute approximate surface area is 172 Å². The van der Waals surface area contributed by atoms with Crippen molar-refractivity contribution in [2.45, 2.75) is 50.1 Å². The summed E-state index contributed by atoms with van der Waals surface area (Å²) in [4.78, 5) is 24.8. The highest BCUT2D eigenvalue weighted by atomic mass is 19.4. The lowest BCUT2D eigenvalue weighted by Crippen LogP contribution is -2.66. The molecule has 0 spiro atoms. The predicted molar refractivity (Wildman–Crippen MR) is 103 cm³/mol. The van der Waals surface area contributed by atoms with E-state index in [4.69, 9.17) is 4.74 Å². The number of benzene rings is 1. The molecule has 30 heavy (non-hydrogen) atoms. The summed E-state index contributed by atoms with van der Waals surface area (Å²) in [6, 6.07) is 3.11. The number of alkyl halides is 3. The molecule has 0 bridgehead atoms. The van der Waals surface area contributed by atoms with Crippen molar-refractivity contribution < 1.29 is 27.5 Å². The molecule has 4 rings (SSSR count). The first kappa shape index (κ1) is 20.8. The molecule has 1 aromatic rings. The molecule has 7 nitrogen and oxygen atoms in total. The highest BCUT2D eigenvalue weighted by molar-refractivity contribution is 5.83. The SMILES string of the molecule is COc1c(NC2CC(NC(=O)C3CC3)NC3CCNC(=O)C23)cccc1C(F)(F)F. The van der Waals surface area contributed by atoms with Gasteiger partial charge >= 0.3 is 6.18 Å². The number of halogens is 3. The largest absolute Gasteiger partial charge is 0.494 e. The Bertz CT molecular complexity index is 828. The third kappa shape index (κ3) is 4.19. The van der Waals surface area contributed by atoms with E-state index < -0.39 is 23.7 Å². The van der Waals surface area contributed by atoms with Crippen LogP contribution < -0.4 is 26.0 Å². The molecule has 1 saturated carbocycles. The number of piperidine rings is 2. The van der Waals surface area contributed by atoms with E-state index in [1.54, 1.807) is 0 Å². The minimum atomic E-state index is -4.57. The van der Waals surface area contributed by atoms with Crippen LogP contribution in [0, 0.1) is 11.8 Å². The maximum Gasteiger partial charge on any atom is 0.420 e. The van der Waals surface area contributed by atoms with Gasteiger partial charge in [0.1, 0.15) is 0 Å². The number of para-hydroxylation sites is 1. The topological polar surface area (TPSA) is 91.5 Å². The molecule has 4 atom stereocenters. The van der Waals surface area contributed by atoms with Gasteiger partial charge in [0.05, 0.1) is 30.4 Å². The molecule has 164 valence electrons. The molecule has 2 heterocycles. The molecule has 4 unspecified atom stereocenters. The van der Waals surface area contributed by atoms with Crippen LogP contribution in [0.25, 0.3) is 0 Å². The molecule has 0 aromatic heterocycles. The van der Waals surface area contributed by atoms with Gasteiger partial charge in [-0.15, -0.1) is 0 Å². The first-order valence-corrected chi connectivity index (χ1v) is 10.1. The van der Waals surface area contributed by atoms with Gasteiger partial charge in [0.15, 0.2) is 5.75 Å². The van der Waals surface area contributed by atoms with Gasteiger partial charge in [-0.1, -0.05) is 6.07 Å². The molecule has 3 aliphatic rings. The van der Waals surface area contributed by atoms with Gasteiger partial charge in [-0.25, -0.2) is 0 Å². The fourth-order valence-electron chi connectivity index (χ4n) is 4.39. The van der Waals surface area contributed by atoms with Gasteiger partial charge in [-0.05, 0) is 31.4 Å². The predicted octanol–water partition coefficient (Wildman–Crippen LogP) is 1.84. The van der Waals surface area contributed by atoms with Gasteiger partial charge in [0, 0.05) is 31.0 Å². The van der Waals surface area contributed by atoms with Gasteiger partial charge in [-0.3, -0.25) is 14.9 Å². The van der Waals surface area contributed by atoms with Crippen molar-refractivity contribution in [3.05, 3.63) is 23.8 Å². The van der Waals surface area contributed by atoms with E-state index in [1.807, 2.05) is 0 Å². The third-order valence-corrected chi connectivity index (χ3v) is 5.96. The summed E-state index contributed by atoms with van der Waals surface area (Å²) in [5, 5.41) is 12.3. The molecule has 1 aromatic carbocycles. The monoisotopic (exact) mass is 426 g/mol. The van der Waals surface area contributed by atoms with Gasteiger partial charge in [0.25, 0.3) is 0 Å². The zero-order valence-electron chi connectivity index (χ0n) is 16.5. The first-order valence-electron chi connectivity index (χ1n) is 10.1. The van der Waals surface area contributed by atoms with Crippen molar-refractivity contribution in [3.8, 4) is 5.75 Å². The summed E-state index contributed by atoms with van der Waals surface area (Å²) in [5.41, 5.74) is -0.712. The Morgan fingerprint density at radius 1 is 1.23 bits per heavy atom. The lowest BCUT2D eigenvalue weighted by molar-refractivity contribution is -0.138. The number of nitrogens with one attached hydrogen (secondary N) is 4. The number of anilines is 1. The first-order chi connectivity index (χ1) is 14.3. The minimum Gasteiger partial charge on any atom is -0.494 e. The number of methoxy groups -OCH3 is 1. The molecule has 2 saturated heterocycles. The fraction of sp³-hybridized carbons (Fsp3) is 0.600. The van der Waals surface area contributed by atoms with E-state index in [2.05, 4.69) is 21.3 Å². The van der Waals surface area contributed by atoms with Crippen LogP contribution in [0.3, 0.4) is 0 Å². The lowest BCUT2D eigenvalue weighted by atomic mass is 9.80. The number of ether oxygens (including phenoxy) is 1. The highest BCUT2D eigenvalue weighted by Crippen LogP contribution is 2.41. The fourth-order valence-corrected chi connectivity index (χ4v) is 4.39. The Morgan fingerprint density at radius 2 is 2.00 bits per heavy atom. The maximum absolute atomic E-state index is 13.4. The Kier molecular flexibility index (Phi) is 5.52. The van der Waals surface area contributed by atoms with Crippen LogP contribution in [0.4, 0.5) is 18.9 Å². The highest BCUT2D eigenvalue weighted by Gasteiger charge is 2.45. The number of amides is 2. The molecule has 2 aliphatic heterocycles. The Balaban J connectivity index is 1.60. The van der Waals surface area contributed by atoms with Crippen LogP contribution >= 0.6 is 0 Å². The van der Waals surface area contributed by atoms with Crippen molar-refractivity contribution >= 4 is 17.5 Å². The van der Waals surface area contributed by atoms with Gasteiger partial charge in [0.2, 0.25) is 11.8 Å². The van der Waals surface area contributed by atoms with Crippen LogP contribution in [0.15, 0.2) is 18.2 Å². The quantitative estimate of drug-likeness (QED) is 0.577. The summed E-state index contributed by atoms with van der Waals surface area (Å²) in [5.74, 6) is -0.938. The van der Waals surface area contributed by atoms with Crippen LogP contribution in [0.1, 0.15) is 31.2 Å². The summed E-state index contributed by atoms with van der Waals surface area (Å²) >= 11 is 0. The van der Waals surface area contributed by atoms with Crippen LogP contribution in [0.2, 0.25) is 0 Å². The Morgan fingerprint density at radius 3 is 2.67 bits per heavy atom. The number of fused-ring (bicyclic) bond motifs is 1. The molecule has 4 N–H and O–H groups in total. The van der Waals surface area contributed by atoms with Crippen LogP contribution in [-0.2, 0) is 15.8 Å². The van der Waals surface area contributed by atoms with Gasteiger partial charge < -0.3 is 20.7 Å². The van der Waals surface area contributed by atoms with Crippen molar-refractivity contribution in [3.63, 3.8) is 0 Å². The van der Waals surface area contributed by atoms with Crippen molar-refractivity contribution in [1.82, 2.24) is 16.0 Å². The minimum absolute atomic E-state index is 0.0263. The van der Waals surface area contributed by atoms with E-state index in [9.17, 15) is 22.8 Å². The van der Waals surface area contributed by atoms with Crippen molar-refractivity contribution in [2.75, 3.05) is 19.0 Å². The number of hydrogen-bond acceptors (Lipinski definition) is 5. The zero-order valence-corrected chi connectivity index (χ0v) is 16.5. The molecule has 1 aliphatic carbocycles. The van der Waals surface area contributed by atoms with Gasteiger partial charge in [-0.2, -0.15) is 13.2 Å². The summed E-state index contributed by atoms with van der Waals surface area (Å²) in [7, 11) is 1.19. The number of carbonyl (C=O) groups excluding carboxylic acids is 2. The average molecular weight is 426 g/mol. The smallest absolute Gasteiger partial charge is 0.420 e. The number of carbonyl (C=O) groups is 2. The second-order valence-corrected chi connectivity index (χ2v) is 8.08. The molecule has 3 fully saturated rings. The number of rotatable bonds is 5. The second kappa shape index (κ2) is 7.98. The van der Waals surface area contributed by atoms with E-state index in [0.29, 0.717) is 19.4 Å². The van der Waals surface area contributed by atoms with Crippen LogP contribution in [-0.4, -0.2) is 43.7 Å². The molecule has 10 heteroatoms. The van der Waals surface area contributed by atoms with E-state index in [0.717, 1.165) is 18.9 Å². The standard InChI is InChI=1S/C20H25F3N4O3/c1-30-17-11(20(21,22)23)3-2-4-13(17)25-14-9-15(27-18(28)10-5-6-10)26-12-7-8-24-19(29)16(12)14/h2-4,10,12,14-16,25-26H,5-9H2,1H3,(H,24,29)(H,27,28). The summed E-state index contributed by atoms with van der Waals surface area (Å²) in [6.45, 7) is 0.510. The van der Waals surface area contributed by atoms with Crippen molar-refractivity contribution in [1.29, 1.82) is 0 Å². The van der Waals surface area contributed by atoms with E-state index in [-0.39, 0.29) is 41.4 Å². The number of hydrogen-bond donors (Lipinski definition) is 4. The molecular weight excluding hydrogens is 401 g/mol. The third-order valence-electron chi connectivity index (χ3n) is 5.96. The molecular formula is C20H25F3N4O3. The normalized spacial score (nSPS) is 28.9. The van der Waals surface area contributed by atoms with E-state index in [1.165, 1.54) is 19.2 Å². The molecule has 2 amide bonds.